The Bertz CT molecular complexity index is 558. The summed E-state index contributed by atoms with van der Waals surface area (Å²) in [4.78, 5) is 0. The summed E-state index contributed by atoms with van der Waals surface area (Å²) in [5, 5.41) is 4.06. The SMILES string of the molecule is Cn1cc(CN)c(-c2ccccc2C(F)(F)F)n1. The molecule has 0 saturated carbocycles. The smallest absolute Gasteiger partial charge is 0.326 e. The second-order valence-electron chi connectivity index (χ2n) is 3.92. The maximum atomic E-state index is 12.9. The van der Waals surface area contributed by atoms with Crippen molar-refractivity contribution in [1.82, 2.24) is 9.78 Å². The van der Waals surface area contributed by atoms with E-state index in [4.69, 9.17) is 5.73 Å². The van der Waals surface area contributed by atoms with Gasteiger partial charge in [0.2, 0.25) is 0 Å². The van der Waals surface area contributed by atoms with Gasteiger partial charge in [0.05, 0.1) is 11.3 Å². The van der Waals surface area contributed by atoms with Crippen LogP contribution in [0.5, 0.6) is 0 Å². The zero-order valence-corrected chi connectivity index (χ0v) is 9.70. The summed E-state index contributed by atoms with van der Waals surface area (Å²) in [7, 11) is 1.65. The van der Waals surface area contributed by atoms with E-state index in [2.05, 4.69) is 5.10 Å². The normalized spacial score (nSPS) is 11.8. The lowest BCUT2D eigenvalue weighted by Crippen LogP contribution is -2.08. The molecule has 2 N–H and O–H groups in total. The lowest BCUT2D eigenvalue weighted by atomic mass is 10.0. The van der Waals surface area contributed by atoms with E-state index in [1.54, 1.807) is 19.3 Å². The van der Waals surface area contributed by atoms with E-state index in [0.717, 1.165) is 6.07 Å². The van der Waals surface area contributed by atoms with Crippen LogP contribution < -0.4 is 5.73 Å². The van der Waals surface area contributed by atoms with Gasteiger partial charge in [0.25, 0.3) is 0 Å². The van der Waals surface area contributed by atoms with Crippen molar-refractivity contribution < 1.29 is 13.2 Å². The Hall–Kier alpha value is -1.82. The predicted octanol–water partition coefficient (Wildman–Crippen LogP) is 2.56. The van der Waals surface area contributed by atoms with Crippen LogP contribution in [0.4, 0.5) is 13.2 Å². The minimum absolute atomic E-state index is 0.0612. The standard InChI is InChI=1S/C12H12F3N3/c1-18-7-8(6-16)11(17-18)9-4-2-3-5-10(9)12(13,14)15/h2-5,7H,6,16H2,1H3. The Morgan fingerprint density at radius 1 is 1.28 bits per heavy atom. The topological polar surface area (TPSA) is 43.8 Å². The van der Waals surface area contributed by atoms with Crippen molar-refractivity contribution in [2.24, 2.45) is 12.8 Å². The highest BCUT2D eigenvalue weighted by molar-refractivity contribution is 5.67. The number of aromatic nitrogens is 2. The maximum absolute atomic E-state index is 12.9. The average Bonchev–Trinajstić information content (AvgIpc) is 2.69. The molecule has 0 spiro atoms. The summed E-state index contributed by atoms with van der Waals surface area (Å²) < 4.78 is 40.2. The van der Waals surface area contributed by atoms with Crippen LogP contribution >= 0.6 is 0 Å². The van der Waals surface area contributed by atoms with Crippen molar-refractivity contribution in [2.45, 2.75) is 12.7 Å². The Kier molecular flexibility index (Phi) is 3.13. The number of rotatable bonds is 2. The largest absolute Gasteiger partial charge is 0.417 e. The molecule has 0 amide bonds. The molecule has 18 heavy (non-hydrogen) atoms. The number of benzene rings is 1. The first kappa shape index (κ1) is 12.6. The molecule has 6 heteroatoms. The third-order valence-corrected chi connectivity index (χ3v) is 2.61. The zero-order valence-electron chi connectivity index (χ0n) is 9.70. The van der Waals surface area contributed by atoms with Gasteiger partial charge in [0, 0.05) is 30.9 Å². The van der Waals surface area contributed by atoms with Gasteiger partial charge in [-0.1, -0.05) is 18.2 Å². The number of alkyl halides is 3. The molecular weight excluding hydrogens is 243 g/mol. The van der Waals surface area contributed by atoms with Gasteiger partial charge in [-0.25, -0.2) is 0 Å². The molecule has 1 aromatic carbocycles. The molecule has 0 saturated heterocycles. The molecule has 0 unspecified atom stereocenters. The van der Waals surface area contributed by atoms with Gasteiger partial charge in [-0.05, 0) is 6.07 Å². The van der Waals surface area contributed by atoms with E-state index in [0.29, 0.717) is 5.56 Å². The van der Waals surface area contributed by atoms with Gasteiger partial charge >= 0.3 is 6.18 Å². The van der Waals surface area contributed by atoms with Crippen molar-refractivity contribution in [1.29, 1.82) is 0 Å². The number of aryl methyl sites for hydroxylation is 1. The summed E-state index contributed by atoms with van der Waals surface area (Å²) in [6.45, 7) is 0.148. The first-order valence-electron chi connectivity index (χ1n) is 5.32. The van der Waals surface area contributed by atoms with Crippen molar-refractivity contribution in [3.05, 3.63) is 41.6 Å². The first-order valence-corrected chi connectivity index (χ1v) is 5.32. The van der Waals surface area contributed by atoms with Crippen LogP contribution in [0.2, 0.25) is 0 Å². The average molecular weight is 255 g/mol. The third kappa shape index (κ3) is 2.24. The van der Waals surface area contributed by atoms with Gasteiger partial charge in [-0.15, -0.1) is 0 Å². The van der Waals surface area contributed by atoms with Crippen molar-refractivity contribution in [2.75, 3.05) is 0 Å². The van der Waals surface area contributed by atoms with Gasteiger partial charge < -0.3 is 5.73 Å². The fourth-order valence-electron chi connectivity index (χ4n) is 1.85. The Morgan fingerprint density at radius 2 is 1.94 bits per heavy atom. The van der Waals surface area contributed by atoms with E-state index in [1.807, 2.05) is 0 Å². The lowest BCUT2D eigenvalue weighted by Gasteiger charge is -2.11. The molecule has 3 nitrogen and oxygen atoms in total. The van der Waals surface area contributed by atoms with Crippen LogP contribution in [0.15, 0.2) is 30.5 Å². The van der Waals surface area contributed by atoms with Crippen LogP contribution in [0.3, 0.4) is 0 Å². The highest BCUT2D eigenvalue weighted by atomic mass is 19.4. The monoisotopic (exact) mass is 255 g/mol. The molecule has 1 heterocycles. The summed E-state index contributed by atoms with van der Waals surface area (Å²) in [6.07, 6.45) is -2.78. The van der Waals surface area contributed by atoms with Gasteiger partial charge in [0.15, 0.2) is 0 Å². The van der Waals surface area contributed by atoms with E-state index in [1.165, 1.54) is 16.8 Å². The highest BCUT2D eigenvalue weighted by Crippen LogP contribution is 2.37. The van der Waals surface area contributed by atoms with Gasteiger partial charge in [-0.2, -0.15) is 18.3 Å². The highest BCUT2D eigenvalue weighted by Gasteiger charge is 2.34. The maximum Gasteiger partial charge on any atom is 0.417 e. The molecular formula is C12H12F3N3. The summed E-state index contributed by atoms with van der Waals surface area (Å²) >= 11 is 0. The van der Waals surface area contributed by atoms with Gasteiger partial charge in [0.1, 0.15) is 0 Å². The van der Waals surface area contributed by atoms with Crippen molar-refractivity contribution in [3.63, 3.8) is 0 Å². The molecule has 1 aromatic heterocycles. The van der Waals surface area contributed by atoms with E-state index >= 15 is 0 Å². The second-order valence-corrected chi connectivity index (χ2v) is 3.92. The molecule has 0 bridgehead atoms. The number of halogens is 3. The minimum atomic E-state index is -4.40. The molecule has 0 radical (unpaired) electrons. The molecule has 0 atom stereocenters. The quantitative estimate of drug-likeness (QED) is 0.896. The van der Waals surface area contributed by atoms with Gasteiger partial charge in [-0.3, -0.25) is 4.68 Å². The fourth-order valence-corrected chi connectivity index (χ4v) is 1.85. The molecule has 2 rings (SSSR count). The first-order chi connectivity index (χ1) is 8.43. The van der Waals surface area contributed by atoms with Crippen molar-refractivity contribution >= 4 is 0 Å². The zero-order chi connectivity index (χ0) is 13.3. The molecule has 2 aromatic rings. The Morgan fingerprint density at radius 3 is 2.56 bits per heavy atom. The van der Waals surface area contributed by atoms with Crippen molar-refractivity contribution in [3.8, 4) is 11.3 Å². The predicted molar refractivity (Wildman–Crippen MR) is 61.5 cm³/mol. The molecule has 0 aliphatic heterocycles. The second kappa shape index (κ2) is 4.45. The lowest BCUT2D eigenvalue weighted by molar-refractivity contribution is -0.137. The van der Waals surface area contributed by atoms with Crippen LogP contribution in [-0.2, 0) is 19.8 Å². The molecule has 0 fully saturated rings. The van der Waals surface area contributed by atoms with Crippen LogP contribution in [0.25, 0.3) is 11.3 Å². The number of hydrogen-bond acceptors (Lipinski definition) is 2. The molecule has 0 aliphatic carbocycles. The van der Waals surface area contributed by atoms with Crippen LogP contribution in [-0.4, -0.2) is 9.78 Å². The fraction of sp³-hybridized carbons (Fsp3) is 0.250. The molecule has 96 valence electrons. The number of hydrogen-bond donors (Lipinski definition) is 1. The van der Waals surface area contributed by atoms with Crippen LogP contribution in [0.1, 0.15) is 11.1 Å². The van der Waals surface area contributed by atoms with E-state index < -0.39 is 11.7 Å². The van der Waals surface area contributed by atoms with Crippen LogP contribution in [0, 0.1) is 0 Å². The van der Waals surface area contributed by atoms with E-state index in [-0.39, 0.29) is 17.8 Å². The summed E-state index contributed by atoms with van der Waals surface area (Å²) in [5.41, 5.74) is 5.77. The summed E-state index contributed by atoms with van der Waals surface area (Å²) in [6, 6.07) is 5.37. The molecule has 0 aliphatic rings. The number of nitrogens with two attached hydrogens (primary N) is 1. The third-order valence-electron chi connectivity index (χ3n) is 2.61. The Balaban J connectivity index is 2.64. The Labute approximate surface area is 102 Å². The number of nitrogens with zero attached hydrogens (tertiary/aromatic N) is 2. The van der Waals surface area contributed by atoms with E-state index in [9.17, 15) is 13.2 Å². The summed E-state index contributed by atoms with van der Waals surface area (Å²) in [5.74, 6) is 0. The minimum Gasteiger partial charge on any atom is -0.326 e.